The summed E-state index contributed by atoms with van der Waals surface area (Å²) in [6.45, 7) is 0. The van der Waals surface area contributed by atoms with Crippen LogP contribution in [0.4, 0.5) is 0 Å². The second-order valence-electron chi connectivity index (χ2n) is 14.4. The van der Waals surface area contributed by atoms with Crippen LogP contribution in [0.2, 0.25) is 0 Å². The Labute approximate surface area is 302 Å². The summed E-state index contributed by atoms with van der Waals surface area (Å²) < 4.78 is 4.79. The summed E-state index contributed by atoms with van der Waals surface area (Å²) in [5.41, 5.74) is 17.2. The normalized spacial score (nSPS) is 15.0. The van der Waals surface area contributed by atoms with Gasteiger partial charge in [-0.2, -0.15) is 0 Å². The quantitative estimate of drug-likeness (QED) is 0.187. The molecule has 4 aromatic carbocycles. The molecule has 0 bridgehead atoms. The molecule has 0 aliphatic heterocycles. The highest BCUT2D eigenvalue weighted by Gasteiger charge is 2.27. The Morgan fingerprint density at radius 3 is 1.90 bits per heavy atom. The first kappa shape index (κ1) is 29.5. The molecule has 8 aromatic rings. The van der Waals surface area contributed by atoms with E-state index in [9.17, 15) is 0 Å². The Kier molecular flexibility index (Phi) is 6.60. The molecule has 4 aromatic heterocycles. The second-order valence-corrected chi connectivity index (χ2v) is 14.4. The van der Waals surface area contributed by atoms with Crippen LogP contribution in [0.1, 0.15) is 41.6 Å². The molecule has 3 aliphatic rings. The number of hydrogen-bond acceptors (Lipinski definition) is 2. The monoisotopic (exact) mass is 668 g/mol. The highest BCUT2D eigenvalue weighted by Crippen LogP contribution is 2.45. The maximum Gasteiger partial charge on any atom is 0.137 e. The molecule has 0 amide bonds. The van der Waals surface area contributed by atoms with Gasteiger partial charge in [-0.3, -0.25) is 9.13 Å². The lowest BCUT2D eigenvalue weighted by atomic mass is 9.83. The first-order chi connectivity index (χ1) is 25.8. The minimum atomic E-state index is 0.935. The molecular weight excluding hydrogens is 633 g/mol. The summed E-state index contributed by atoms with van der Waals surface area (Å²) in [4.78, 5) is 9.76. The van der Waals surface area contributed by atoms with Gasteiger partial charge in [0.2, 0.25) is 0 Å². The molecule has 0 spiro atoms. The zero-order valence-electron chi connectivity index (χ0n) is 28.9. The largest absolute Gasteiger partial charge is 0.298 e. The van der Waals surface area contributed by atoms with Crippen molar-refractivity contribution in [1.82, 2.24) is 19.1 Å². The third kappa shape index (κ3) is 4.53. The Hall–Kier alpha value is -6.26. The van der Waals surface area contributed by atoms with Gasteiger partial charge in [0.15, 0.2) is 0 Å². The summed E-state index contributed by atoms with van der Waals surface area (Å²) >= 11 is 0. The fourth-order valence-electron chi connectivity index (χ4n) is 9.07. The minimum absolute atomic E-state index is 0.935. The summed E-state index contributed by atoms with van der Waals surface area (Å²) in [6.07, 6.45) is 19.5. The summed E-state index contributed by atoms with van der Waals surface area (Å²) in [7, 11) is 0. The minimum Gasteiger partial charge on any atom is -0.298 e. The topological polar surface area (TPSA) is 35.6 Å². The van der Waals surface area contributed by atoms with Crippen molar-refractivity contribution in [3.8, 4) is 33.9 Å². The Bertz CT molecular complexity index is 2810. The Morgan fingerprint density at radius 2 is 1.19 bits per heavy atom. The van der Waals surface area contributed by atoms with Gasteiger partial charge >= 0.3 is 0 Å². The number of rotatable bonds is 4. The molecule has 52 heavy (non-hydrogen) atoms. The van der Waals surface area contributed by atoms with Crippen molar-refractivity contribution in [2.75, 3.05) is 0 Å². The number of aromatic nitrogens is 4. The van der Waals surface area contributed by atoms with Crippen molar-refractivity contribution in [2.24, 2.45) is 0 Å². The summed E-state index contributed by atoms with van der Waals surface area (Å²) in [5, 5.41) is 3.87. The van der Waals surface area contributed by atoms with E-state index >= 15 is 0 Å². The average molecular weight is 669 g/mol. The zero-order chi connectivity index (χ0) is 34.2. The van der Waals surface area contributed by atoms with Crippen LogP contribution in [0.15, 0.2) is 151 Å². The highest BCUT2D eigenvalue weighted by atomic mass is 15.1. The maximum atomic E-state index is 4.90. The van der Waals surface area contributed by atoms with E-state index in [4.69, 9.17) is 9.97 Å². The zero-order valence-corrected chi connectivity index (χ0v) is 28.9. The molecule has 3 aliphatic carbocycles. The van der Waals surface area contributed by atoms with E-state index in [-0.39, 0.29) is 0 Å². The van der Waals surface area contributed by atoms with Crippen LogP contribution in [0.25, 0.3) is 72.7 Å². The van der Waals surface area contributed by atoms with Crippen molar-refractivity contribution >= 4 is 38.8 Å². The third-order valence-corrected chi connectivity index (χ3v) is 11.5. The smallest absolute Gasteiger partial charge is 0.137 e. The molecular formula is C48H36N4. The van der Waals surface area contributed by atoms with E-state index in [0.29, 0.717) is 0 Å². The molecule has 4 heteroatoms. The van der Waals surface area contributed by atoms with Crippen molar-refractivity contribution in [3.05, 3.63) is 173 Å². The number of fused-ring (bicyclic) bond motifs is 9. The van der Waals surface area contributed by atoms with Gasteiger partial charge in [0.1, 0.15) is 11.6 Å². The molecule has 0 fully saturated rings. The van der Waals surface area contributed by atoms with Crippen molar-refractivity contribution in [3.63, 3.8) is 0 Å². The van der Waals surface area contributed by atoms with Crippen molar-refractivity contribution in [2.45, 2.75) is 38.5 Å². The molecule has 4 nitrogen and oxygen atoms in total. The van der Waals surface area contributed by atoms with Crippen LogP contribution >= 0.6 is 0 Å². The van der Waals surface area contributed by atoms with E-state index in [1.54, 1.807) is 0 Å². The number of benzene rings is 4. The standard InChI is InChI=1S/C48H36N4/c1-3-11-31(12-4-1)33-19-21-43-39(25-33)41-27-35-17-18-36-28-42-40-26-34(32-13-5-2-6-14-32)20-22-44(40)52(48-16-8-10-24-50-48)46(42)30-38(36)37(35)29-45(41)51(43)47-15-7-9-23-49-47/h1-5,7-13,15-16,19,21,23-30H,6,14,17-18,20,22H2. The van der Waals surface area contributed by atoms with Crippen LogP contribution in [0.3, 0.4) is 0 Å². The van der Waals surface area contributed by atoms with Gasteiger partial charge in [-0.25, -0.2) is 9.97 Å². The fraction of sp³-hybridized carbons (Fsp3) is 0.125. The van der Waals surface area contributed by atoms with Gasteiger partial charge in [-0.1, -0.05) is 66.8 Å². The van der Waals surface area contributed by atoms with E-state index in [0.717, 1.165) is 50.2 Å². The fourth-order valence-corrected chi connectivity index (χ4v) is 9.07. The maximum absolute atomic E-state index is 4.90. The van der Waals surface area contributed by atoms with Crippen molar-refractivity contribution in [1.29, 1.82) is 0 Å². The molecule has 4 heterocycles. The number of aryl methyl sites for hydroxylation is 2. The van der Waals surface area contributed by atoms with Crippen LogP contribution < -0.4 is 0 Å². The number of hydrogen-bond donors (Lipinski definition) is 0. The van der Waals surface area contributed by atoms with Crippen LogP contribution in [0.5, 0.6) is 0 Å². The molecule has 248 valence electrons. The van der Waals surface area contributed by atoms with E-state index in [1.165, 1.54) is 88.5 Å². The SMILES string of the molecule is C1=CCCC(C2=Cc3c(n(-c4ccccn4)c4cc5c(cc34)CCc3cc4c6cc(-c7ccccc7)ccc6n(-c6ccccn6)c4cc3-5)CC2)=C1. The van der Waals surface area contributed by atoms with Gasteiger partial charge in [0.25, 0.3) is 0 Å². The molecule has 0 unspecified atom stereocenters. The number of allylic oxidation sites excluding steroid dienone is 5. The third-order valence-electron chi connectivity index (χ3n) is 11.5. The van der Waals surface area contributed by atoms with Crippen molar-refractivity contribution < 1.29 is 0 Å². The van der Waals surface area contributed by atoms with E-state index in [2.05, 4.69) is 131 Å². The van der Waals surface area contributed by atoms with Gasteiger partial charge in [0, 0.05) is 39.8 Å². The lowest BCUT2D eigenvalue weighted by Gasteiger charge is -2.21. The van der Waals surface area contributed by atoms with E-state index < -0.39 is 0 Å². The molecule has 0 saturated carbocycles. The average Bonchev–Trinajstić information content (AvgIpc) is 3.71. The van der Waals surface area contributed by atoms with Crippen LogP contribution in [-0.2, 0) is 19.3 Å². The van der Waals surface area contributed by atoms with Crippen LogP contribution in [0, 0.1) is 0 Å². The van der Waals surface area contributed by atoms with Gasteiger partial charge in [0.05, 0.1) is 16.6 Å². The number of pyridine rings is 2. The molecule has 11 rings (SSSR count). The summed E-state index contributed by atoms with van der Waals surface area (Å²) in [6, 6.07) is 39.9. The lowest BCUT2D eigenvalue weighted by molar-refractivity contribution is 0.831. The highest BCUT2D eigenvalue weighted by molar-refractivity contribution is 6.12. The Balaban J connectivity index is 1.16. The predicted octanol–water partition coefficient (Wildman–Crippen LogP) is 11.6. The first-order valence-corrected chi connectivity index (χ1v) is 18.5. The molecule has 0 atom stereocenters. The van der Waals surface area contributed by atoms with Gasteiger partial charge in [-0.05, 0) is 150 Å². The molecule has 0 saturated heterocycles. The van der Waals surface area contributed by atoms with Crippen LogP contribution in [-0.4, -0.2) is 19.1 Å². The second kappa shape index (κ2) is 11.6. The van der Waals surface area contributed by atoms with Gasteiger partial charge < -0.3 is 0 Å². The molecule has 0 N–H and O–H groups in total. The van der Waals surface area contributed by atoms with E-state index in [1.807, 2.05) is 24.5 Å². The molecule has 0 radical (unpaired) electrons. The lowest BCUT2D eigenvalue weighted by Crippen LogP contribution is -2.08. The summed E-state index contributed by atoms with van der Waals surface area (Å²) in [5.74, 6) is 1.92. The van der Waals surface area contributed by atoms with Gasteiger partial charge in [-0.15, -0.1) is 0 Å². The first-order valence-electron chi connectivity index (χ1n) is 18.5. The predicted molar refractivity (Wildman–Crippen MR) is 214 cm³/mol. The number of nitrogens with zero attached hydrogens (tertiary/aromatic N) is 4. The Morgan fingerprint density at radius 1 is 0.500 bits per heavy atom.